The number of amides is 3. The number of quaternary nitrogens is 1. The molecule has 3 rings (SSSR count). The number of esters is 1. The molecule has 8 heteroatoms. The van der Waals surface area contributed by atoms with Gasteiger partial charge < -0.3 is 19.7 Å². The minimum atomic E-state index is -0.902. The summed E-state index contributed by atoms with van der Waals surface area (Å²) in [5.74, 6) is 0.348. The van der Waals surface area contributed by atoms with Gasteiger partial charge in [0.2, 0.25) is 0 Å². The predicted octanol–water partition coefficient (Wildman–Crippen LogP) is 0.364. The molecule has 8 nitrogen and oxygen atoms in total. The summed E-state index contributed by atoms with van der Waals surface area (Å²) in [5.41, 5.74) is 0.184. The van der Waals surface area contributed by atoms with E-state index < -0.39 is 5.54 Å². The van der Waals surface area contributed by atoms with Crippen LogP contribution in [0.15, 0.2) is 24.3 Å². The number of benzene rings is 1. The van der Waals surface area contributed by atoms with Crippen LogP contribution in [0.2, 0.25) is 0 Å². The normalized spacial score (nSPS) is 26.9. The van der Waals surface area contributed by atoms with Crippen LogP contribution in [0.1, 0.15) is 31.7 Å². The fourth-order valence-corrected chi connectivity index (χ4v) is 4.06. The first-order valence-corrected chi connectivity index (χ1v) is 10.0. The van der Waals surface area contributed by atoms with E-state index in [1.165, 1.54) is 12.0 Å². The van der Waals surface area contributed by atoms with E-state index in [0.717, 1.165) is 29.3 Å². The van der Waals surface area contributed by atoms with Crippen LogP contribution in [0.25, 0.3) is 0 Å². The number of carbonyl (C=O) groups excluding carboxylic acids is 3. The molecule has 1 aromatic carbocycles. The van der Waals surface area contributed by atoms with Gasteiger partial charge in [-0.1, -0.05) is 12.1 Å². The number of hydrogen-bond acceptors (Lipinski definition) is 5. The number of nitrogens with one attached hydrogen (secondary N) is 2. The van der Waals surface area contributed by atoms with E-state index in [1.807, 2.05) is 24.3 Å². The zero-order valence-corrected chi connectivity index (χ0v) is 17.3. The van der Waals surface area contributed by atoms with Crippen molar-refractivity contribution in [2.75, 3.05) is 34.0 Å². The predicted molar refractivity (Wildman–Crippen MR) is 105 cm³/mol. The Hall–Kier alpha value is -2.61. The molecule has 2 fully saturated rings. The molecule has 0 saturated carbocycles. The lowest BCUT2D eigenvalue weighted by molar-refractivity contribution is -0.913. The quantitative estimate of drug-likeness (QED) is 0.506. The van der Waals surface area contributed by atoms with E-state index in [0.29, 0.717) is 32.4 Å². The van der Waals surface area contributed by atoms with Gasteiger partial charge in [-0.3, -0.25) is 9.59 Å². The Bertz CT molecular complexity index is 758. The zero-order valence-electron chi connectivity index (χ0n) is 17.3. The standard InChI is InChI=1S/C21H29N3O5/c1-21(11-8-15-4-6-17(28-2)7-5-15)19(26)24(20(27)22-21)14-23-12-9-16(10-13-23)18(25)29-3/h4-7,16H,8-14H2,1-3H3,(H,22,27)/p+1/t21-/m0/s1. The van der Waals surface area contributed by atoms with Crippen molar-refractivity contribution in [3.8, 4) is 5.75 Å². The Morgan fingerprint density at radius 3 is 2.45 bits per heavy atom. The third kappa shape index (κ3) is 4.70. The zero-order chi connectivity index (χ0) is 21.0. The topological polar surface area (TPSA) is 89.4 Å². The maximum Gasteiger partial charge on any atom is 0.329 e. The van der Waals surface area contributed by atoms with Crippen LogP contribution in [0.4, 0.5) is 4.79 Å². The fourth-order valence-electron chi connectivity index (χ4n) is 4.06. The molecule has 1 atom stereocenters. The summed E-state index contributed by atoms with van der Waals surface area (Å²) in [5, 5.41) is 2.87. The number of carbonyl (C=O) groups is 3. The number of likely N-dealkylation sites (tertiary alicyclic amines) is 1. The maximum atomic E-state index is 13.0. The number of aryl methyl sites for hydroxylation is 1. The molecular weight excluding hydrogens is 374 g/mol. The second-order valence-corrected chi connectivity index (χ2v) is 8.05. The summed E-state index contributed by atoms with van der Waals surface area (Å²) in [6.45, 7) is 3.59. The van der Waals surface area contributed by atoms with Crippen LogP contribution in [0.5, 0.6) is 5.75 Å². The molecule has 0 bridgehead atoms. The van der Waals surface area contributed by atoms with Crippen molar-refractivity contribution in [2.45, 2.75) is 38.1 Å². The molecule has 0 spiro atoms. The van der Waals surface area contributed by atoms with Gasteiger partial charge in [0.25, 0.3) is 5.91 Å². The largest absolute Gasteiger partial charge is 0.497 e. The molecule has 0 unspecified atom stereocenters. The molecule has 2 saturated heterocycles. The molecule has 2 heterocycles. The van der Waals surface area contributed by atoms with Gasteiger partial charge in [0.15, 0.2) is 6.67 Å². The van der Waals surface area contributed by atoms with Crippen LogP contribution in [-0.2, 0) is 20.7 Å². The lowest BCUT2D eigenvalue weighted by Gasteiger charge is -2.30. The average molecular weight is 404 g/mol. The van der Waals surface area contributed by atoms with Crippen LogP contribution in [0, 0.1) is 5.92 Å². The number of methoxy groups -OCH3 is 2. The van der Waals surface area contributed by atoms with Crippen LogP contribution in [-0.4, -0.2) is 62.3 Å². The molecule has 29 heavy (non-hydrogen) atoms. The molecule has 2 N–H and O–H groups in total. The van der Waals surface area contributed by atoms with Crippen LogP contribution < -0.4 is 15.0 Å². The number of nitrogens with zero attached hydrogens (tertiary/aromatic N) is 1. The maximum absolute atomic E-state index is 13.0. The molecule has 2 aliphatic rings. The Kier molecular flexibility index (Phi) is 6.42. The lowest BCUT2D eigenvalue weighted by Crippen LogP contribution is -3.14. The van der Waals surface area contributed by atoms with E-state index in [2.05, 4.69) is 5.32 Å². The average Bonchev–Trinajstić information content (AvgIpc) is 2.96. The van der Waals surface area contributed by atoms with Gasteiger partial charge in [0.1, 0.15) is 11.3 Å². The van der Waals surface area contributed by atoms with Crippen molar-refractivity contribution < 1.29 is 28.8 Å². The summed E-state index contributed by atoms with van der Waals surface area (Å²) >= 11 is 0. The van der Waals surface area contributed by atoms with Crippen molar-refractivity contribution >= 4 is 17.9 Å². The third-order valence-electron chi connectivity index (χ3n) is 6.03. The van der Waals surface area contributed by atoms with Gasteiger partial charge in [-0.15, -0.1) is 0 Å². The first kappa shape index (κ1) is 21.1. The Morgan fingerprint density at radius 1 is 1.21 bits per heavy atom. The van der Waals surface area contributed by atoms with Crippen molar-refractivity contribution in [3.05, 3.63) is 29.8 Å². The molecule has 158 valence electrons. The fraction of sp³-hybridized carbons (Fsp3) is 0.571. The highest BCUT2D eigenvalue weighted by atomic mass is 16.5. The molecular formula is C21H30N3O5+. The summed E-state index contributed by atoms with van der Waals surface area (Å²) in [6.07, 6.45) is 2.62. The summed E-state index contributed by atoms with van der Waals surface area (Å²) in [7, 11) is 3.03. The molecule has 0 aliphatic carbocycles. The van der Waals surface area contributed by atoms with Crippen LogP contribution >= 0.6 is 0 Å². The van der Waals surface area contributed by atoms with Gasteiger partial charge in [-0.2, -0.15) is 0 Å². The van der Waals surface area contributed by atoms with E-state index >= 15 is 0 Å². The first-order chi connectivity index (χ1) is 13.9. The Morgan fingerprint density at radius 2 is 1.86 bits per heavy atom. The number of imide groups is 1. The van der Waals surface area contributed by atoms with Gasteiger partial charge in [-0.25, -0.2) is 9.69 Å². The van der Waals surface area contributed by atoms with Crippen molar-refractivity contribution in [3.63, 3.8) is 0 Å². The van der Waals surface area contributed by atoms with Gasteiger partial charge in [0, 0.05) is 12.8 Å². The second-order valence-electron chi connectivity index (χ2n) is 8.05. The Labute approximate surface area is 171 Å². The van der Waals surface area contributed by atoms with Gasteiger partial charge in [0.05, 0.1) is 33.2 Å². The number of rotatable bonds is 7. The first-order valence-electron chi connectivity index (χ1n) is 10.0. The second kappa shape index (κ2) is 8.82. The number of piperidine rings is 1. The van der Waals surface area contributed by atoms with Crippen molar-refractivity contribution in [1.82, 2.24) is 10.2 Å². The highest BCUT2D eigenvalue weighted by molar-refractivity contribution is 6.06. The summed E-state index contributed by atoms with van der Waals surface area (Å²) in [4.78, 5) is 39.6. The highest BCUT2D eigenvalue weighted by Crippen LogP contribution is 2.23. The van der Waals surface area contributed by atoms with Gasteiger partial charge >= 0.3 is 12.0 Å². The van der Waals surface area contributed by atoms with E-state index in [4.69, 9.17) is 9.47 Å². The highest BCUT2D eigenvalue weighted by Gasteiger charge is 2.48. The SMILES string of the molecule is COC(=O)C1CC[NH+](CN2C(=O)N[C@@](C)(CCc3ccc(OC)cc3)C2=O)CC1. The van der Waals surface area contributed by atoms with E-state index in [1.54, 1.807) is 14.0 Å². The molecule has 3 amide bonds. The van der Waals surface area contributed by atoms with Crippen molar-refractivity contribution in [2.24, 2.45) is 5.92 Å². The molecule has 0 radical (unpaired) electrons. The lowest BCUT2D eigenvalue weighted by atomic mass is 9.93. The monoisotopic (exact) mass is 404 g/mol. The van der Waals surface area contributed by atoms with Gasteiger partial charge in [-0.05, 0) is 37.5 Å². The van der Waals surface area contributed by atoms with E-state index in [9.17, 15) is 14.4 Å². The smallest absolute Gasteiger partial charge is 0.329 e. The summed E-state index contributed by atoms with van der Waals surface area (Å²) in [6, 6.07) is 7.38. The number of hydrogen-bond donors (Lipinski definition) is 2. The van der Waals surface area contributed by atoms with E-state index in [-0.39, 0.29) is 23.8 Å². The minimum absolute atomic E-state index is 0.0818. The molecule has 2 aliphatic heterocycles. The number of urea groups is 1. The van der Waals surface area contributed by atoms with Crippen LogP contribution in [0.3, 0.4) is 0 Å². The summed E-state index contributed by atoms with van der Waals surface area (Å²) < 4.78 is 9.98. The minimum Gasteiger partial charge on any atom is -0.497 e. The number of ether oxygens (including phenoxy) is 2. The molecule has 1 aromatic rings. The Balaban J connectivity index is 1.55. The van der Waals surface area contributed by atoms with Crippen molar-refractivity contribution in [1.29, 1.82) is 0 Å². The molecule has 0 aromatic heterocycles. The third-order valence-corrected chi connectivity index (χ3v) is 6.03.